The van der Waals surface area contributed by atoms with Crippen molar-refractivity contribution >= 4 is 35.2 Å². The fraction of sp³-hybridized carbons (Fsp3) is 0.391. The lowest BCUT2D eigenvalue weighted by molar-refractivity contribution is -0.138. The number of hydrogen-bond acceptors (Lipinski definition) is 4. The lowest BCUT2D eigenvalue weighted by atomic mass is 10.1. The molecule has 0 radical (unpaired) electrons. The van der Waals surface area contributed by atoms with Crippen LogP contribution >= 0.6 is 23.4 Å². The number of nitrogens with zero attached hydrogens (tertiary/aromatic N) is 1. The van der Waals surface area contributed by atoms with E-state index < -0.39 is 6.04 Å². The van der Waals surface area contributed by atoms with Gasteiger partial charge >= 0.3 is 0 Å². The Morgan fingerprint density at radius 2 is 1.90 bits per heavy atom. The predicted octanol–water partition coefficient (Wildman–Crippen LogP) is 4.53. The quantitative estimate of drug-likeness (QED) is 0.548. The van der Waals surface area contributed by atoms with E-state index in [4.69, 9.17) is 16.3 Å². The van der Waals surface area contributed by atoms with Crippen LogP contribution in [0.3, 0.4) is 0 Å². The Labute approximate surface area is 188 Å². The molecule has 2 aromatic carbocycles. The van der Waals surface area contributed by atoms with Crippen LogP contribution in [0.2, 0.25) is 5.02 Å². The Kier molecular flexibility index (Phi) is 10.0. The van der Waals surface area contributed by atoms with Gasteiger partial charge in [-0.1, -0.05) is 42.8 Å². The van der Waals surface area contributed by atoms with Crippen LogP contribution in [0.5, 0.6) is 5.75 Å². The van der Waals surface area contributed by atoms with Gasteiger partial charge in [0, 0.05) is 23.9 Å². The van der Waals surface area contributed by atoms with Gasteiger partial charge in [-0.05, 0) is 48.7 Å². The first kappa shape index (κ1) is 24.1. The predicted molar refractivity (Wildman–Crippen MR) is 124 cm³/mol. The number of halogens is 1. The van der Waals surface area contributed by atoms with Crippen LogP contribution in [0, 0.1) is 0 Å². The number of carbonyl (C=O) groups is 2. The molecule has 2 aromatic rings. The van der Waals surface area contributed by atoms with Gasteiger partial charge in [0.15, 0.2) is 0 Å². The van der Waals surface area contributed by atoms with Crippen molar-refractivity contribution in [3.8, 4) is 5.75 Å². The van der Waals surface area contributed by atoms with E-state index in [0.29, 0.717) is 23.9 Å². The summed E-state index contributed by atoms with van der Waals surface area (Å²) >= 11 is 7.45. The monoisotopic (exact) mass is 448 g/mol. The SMILES string of the molecule is CCCNC(=O)C(C)N(Cc1cccc(OC)c1)C(=O)CSCc1ccc(Cl)cc1. The number of rotatable bonds is 11. The molecule has 0 spiro atoms. The maximum Gasteiger partial charge on any atom is 0.242 e. The fourth-order valence-electron chi connectivity index (χ4n) is 2.87. The van der Waals surface area contributed by atoms with Crippen LogP contribution in [-0.4, -0.2) is 42.2 Å². The molecule has 7 heteroatoms. The van der Waals surface area contributed by atoms with Crippen molar-refractivity contribution in [2.45, 2.75) is 38.6 Å². The molecule has 2 amide bonds. The van der Waals surface area contributed by atoms with Crippen molar-refractivity contribution < 1.29 is 14.3 Å². The zero-order valence-electron chi connectivity index (χ0n) is 17.7. The number of carbonyl (C=O) groups excluding carboxylic acids is 2. The second kappa shape index (κ2) is 12.5. The van der Waals surface area contributed by atoms with Gasteiger partial charge in [0.25, 0.3) is 0 Å². The molecule has 162 valence electrons. The molecule has 5 nitrogen and oxygen atoms in total. The van der Waals surface area contributed by atoms with E-state index in [2.05, 4.69) is 5.32 Å². The van der Waals surface area contributed by atoms with E-state index in [1.54, 1.807) is 18.9 Å². The average Bonchev–Trinajstić information content (AvgIpc) is 2.76. The van der Waals surface area contributed by atoms with E-state index in [-0.39, 0.29) is 17.6 Å². The molecule has 1 N–H and O–H groups in total. The van der Waals surface area contributed by atoms with Crippen LogP contribution < -0.4 is 10.1 Å². The summed E-state index contributed by atoms with van der Waals surface area (Å²) in [6.07, 6.45) is 0.846. The Morgan fingerprint density at radius 1 is 1.17 bits per heavy atom. The molecule has 0 saturated carbocycles. The van der Waals surface area contributed by atoms with Crippen molar-refractivity contribution in [1.29, 1.82) is 0 Å². The topological polar surface area (TPSA) is 58.6 Å². The molecule has 30 heavy (non-hydrogen) atoms. The summed E-state index contributed by atoms with van der Waals surface area (Å²) in [5.41, 5.74) is 2.02. The van der Waals surface area contributed by atoms with Crippen molar-refractivity contribution in [3.63, 3.8) is 0 Å². The smallest absolute Gasteiger partial charge is 0.242 e. The zero-order chi connectivity index (χ0) is 21.9. The third-order valence-electron chi connectivity index (χ3n) is 4.61. The molecule has 1 atom stereocenters. The minimum absolute atomic E-state index is 0.0732. The first-order chi connectivity index (χ1) is 14.4. The Hall–Kier alpha value is -2.18. The molecule has 0 aliphatic rings. The summed E-state index contributed by atoms with van der Waals surface area (Å²) in [4.78, 5) is 27.2. The van der Waals surface area contributed by atoms with Crippen LogP contribution in [0.15, 0.2) is 48.5 Å². The highest BCUT2D eigenvalue weighted by Gasteiger charge is 2.25. The van der Waals surface area contributed by atoms with Crippen molar-refractivity contribution in [2.24, 2.45) is 0 Å². The molecular weight excluding hydrogens is 420 g/mol. The number of ether oxygens (including phenoxy) is 1. The largest absolute Gasteiger partial charge is 0.497 e. The molecule has 0 aliphatic heterocycles. The van der Waals surface area contributed by atoms with Gasteiger partial charge in [0.05, 0.1) is 12.9 Å². The lowest BCUT2D eigenvalue weighted by Crippen LogP contribution is -2.48. The highest BCUT2D eigenvalue weighted by atomic mass is 35.5. The maximum absolute atomic E-state index is 13.0. The van der Waals surface area contributed by atoms with E-state index in [1.165, 1.54) is 11.8 Å². The molecule has 0 saturated heterocycles. The highest BCUT2D eigenvalue weighted by molar-refractivity contribution is 7.99. The average molecular weight is 449 g/mol. The second-order valence-corrected chi connectivity index (χ2v) is 8.38. The number of benzene rings is 2. The number of hydrogen-bond donors (Lipinski definition) is 1. The lowest BCUT2D eigenvalue weighted by Gasteiger charge is -2.29. The Balaban J connectivity index is 2.06. The minimum atomic E-state index is -0.564. The highest BCUT2D eigenvalue weighted by Crippen LogP contribution is 2.19. The first-order valence-electron chi connectivity index (χ1n) is 9.97. The molecular formula is C23H29ClN2O3S. The van der Waals surface area contributed by atoms with Gasteiger partial charge in [-0.2, -0.15) is 0 Å². The number of amides is 2. The molecule has 0 aliphatic carbocycles. The van der Waals surface area contributed by atoms with Gasteiger partial charge in [-0.15, -0.1) is 11.8 Å². The van der Waals surface area contributed by atoms with Crippen LogP contribution in [0.1, 0.15) is 31.4 Å². The van der Waals surface area contributed by atoms with Gasteiger partial charge in [0.1, 0.15) is 11.8 Å². The van der Waals surface area contributed by atoms with Crippen LogP contribution in [-0.2, 0) is 21.9 Å². The second-order valence-electron chi connectivity index (χ2n) is 6.96. The summed E-state index contributed by atoms with van der Waals surface area (Å²) in [5.74, 6) is 1.50. The van der Waals surface area contributed by atoms with Crippen LogP contribution in [0.4, 0.5) is 0 Å². The number of nitrogens with one attached hydrogen (secondary N) is 1. The zero-order valence-corrected chi connectivity index (χ0v) is 19.3. The first-order valence-corrected chi connectivity index (χ1v) is 11.5. The summed E-state index contributed by atoms with van der Waals surface area (Å²) in [6.45, 7) is 4.71. The van der Waals surface area contributed by atoms with E-state index in [1.807, 2.05) is 55.5 Å². The summed E-state index contributed by atoms with van der Waals surface area (Å²) < 4.78 is 5.28. The fourth-order valence-corrected chi connectivity index (χ4v) is 3.86. The van der Waals surface area contributed by atoms with Gasteiger partial charge in [-0.25, -0.2) is 0 Å². The van der Waals surface area contributed by atoms with Crippen LogP contribution in [0.25, 0.3) is 0 Å². The molecule has 2 rings (SSSR count). The number of thioether (sulfide) groups is 1. The minimum Gasteiger partial charge on any atom is -0.497 e. The molecule has 0 fully saturated rings. The third-order valence-corrected chi connectivity index (χ3v) is 5.85. The van der Waals surface area contributed by atoms with Gasteiger partial charge < -0.3 is 15.0 Å². The number of methoxy groups -OCH3 is 1. The van der Waals surface area contributed by atoms with Crippen molar-refractivity contribution in [1.82, 2.24) is 10.2 Å². The molecule has 1 unspecified atom stereocenters. The van der Waals surface area contributed by atoms with Gasteiger partial charge in [-0.3, -0.25) is 9.59 Å². The van der Waals surface area contributed by atoms with Crippen molar-refractivity contribution in [3.05, 3.63) is 64.7 Å². The van der Waals surface area contributed by atoms with E-state index in [0.717, 1.165) is 23.3 Å². The standard InChI is InChI=1S/C23H29ClN2O3S/c1-4-12-25-23(28)17(2)26(14-19-6-5-7-21(13-19)29-3)22(27)16-30-15-18-8-10-20(24)11-9-18/h5-11,13,17H,4,12,14-16H2,1-3H3,(H,25,28). The molecule has 0 aromatic heterocycles. The molecule has 0 heterocycles. The molecule has 0 bridgehead atoms. The Bertz CT molecular complexity index is 829. The van der Waals surface area contributed by atoms with Gasteiger partial charge in [0.2, 0.25) is 11.8 Å². The van der Waals surface area contributed by atoms with E-state index >= 15 is 0 Å². The Morgan fingerprint density at radius 3 is 2.57 bits per heavy atom. The third kappa shape index (κ3) is 7.58. The summed E-state index contributed by atoms with van der Waals surface area (Å²) in [6, 6.07) is 14.6. The summed E-state index contributed by atoms with van der Waals surface area (Å²) in [7, 11) is 1.61. The summed E-state index contributed by atoms with van der Waals surface area (Å²) in [5, 5.41) is 3.58. The normalized spacial score (nSPS) is 11.6. The van der Waals surface area contributed by atoms with Crippen molar-refractivity contribution in [2.75, 3.05) is 19.4 Å². The maximum atomic E-state index is 13.0. The van der Waals surface area contributed by atoms with E-state index in [9.17, 15) is 9.59 Å².